The molecule has 42 heavy (non-hydrogen) atoms. The average molecular weight is 598 g/mol. The molecule has 3 aromatic rings. The molecule has 1 aromatic heterocycles. The Hall–Kier alpha value is -4.33. The van der Waals surface area contributed by atoms with Gasteiger partial charge >= 0.3 is 16.1 Å². The molecule has 0 aliphatic carbocycles. The number of hydrogen-bond acceptors (Lipinski definition) is 8. The molecular weight excluding hydrogens is 562 g/mol. The van der Waals surface area contributed by atoms with Crippen molar-refractivity contribution < 1.29 is 27.0 Å². The summed E-state index contributed by atoms with van der Waals surface area (Å²) in [6.07, 6.45) is 4.47. The number of nitrogens with one attached hydrogen (secondary N) is 4. The predicted octanol–water partition coefficient (Wildman–Crippen LogP) is 2.89. The van der Waals surface area contributed by atoms with Crippen molar-refractivity contribution in [2.45, 2.75) is 43.4 Å². The van der Waals surface area contributed by atoms with Crippen LogP contribution in [0, 0.1) is 0 Å². The van der Waals surface area contributed by atoms with Crippen LogP contribution in [-0.4, -0.2) is 85.3 Å². The van der Waals surface area contributed by atoms with Gasteiger partial charge in [-0.05, 0) is 62.1 Å². The van der Waals surface area contributed by atoms with Crippen LogP contribution in [-0.2, 0) is 19.7 Å². The second-order valence-corrected chi connectivity index (χ2v) is 11.9. The molecule has 0 spiro atoms. The maximum absolute atomic E-state index is 12.9. The normalized spacial score (nSPS) is 15.4. The Morgan fingerprint density at radius 3 is 2.24 bits per heavy atom. The highest BCUT2D eigenvalue weighted by Crippen LogP contribution is 2.25. The minimum Gasteiger partial charge on any atom is -0.385 e. The van der Waals surface area contributed by atoms with Crippen LogP contribution in [0.2, 0.25) is 0 Å². The SMILES string of the molecule is O=C(NCCCN1CCCC1=O)Nc1nc2ccc(OS(=O)(=O)c3ccc(NCCCN4CCCC4=O)cc3)cc2[nH]1. The Morgan fingerprint density at radius 2 is 1.60 bits per heavy atom. The Bertz CT molecular complexity index is 1540. The largest absolute Gasteiger partial charge is 0.385 e. The van der Waals surface area contributed by atoms with E-state index in [1.807, 2.05) is 4.90 Å². The predicted molar refractivity (Wildman–Crippen MR) is 157 cm³/mol. The number of imidazole rings is 1. The van der Waals surface area contributed by atoms with Crippen LogP contribution >= 0.6 is 0 Å². The van der Waals surface area contributed by atoms with Crippen molar-refractivity contribution in [2.75, 3.05) is 49.9 Å². The molecule has 0 unspecified atom stereocenters. The third kappa shape index (κ3) is 7.49. The van der Waals surface area contributed by atoms with E-state index in [1.165, 1.54) is 24.3 Å². The fraction of sp³-hybridized carbons (Fsp3) is 0.429. The first-order valence-corrected chi connectivity index (χ1v) is 15.6. The van der Waals surface area contributed by atoms with Crippen molar-refractivity contribution in [3.8, 4) is 5.75 Å². The van der Waals surface area contributed by atoms with Crippen molar-refractivity contribution in [2.24, 2.45) is 0 Å². The molecule has 0 atom stereocenters. The van der Waals surface area contributed by atoms with Crippen molar-refractivity contribution in [3.05, 3.63) is 42.5 Å². The first-order valence-electron chi connectivity index (χ1n) is 14.2. The summed E-state index contributed by atoms with van der Waals surface area (Å²) in [5, 5.41) is 8.60. The van der Waals surface area contributed by atoms with Crippen LogP contribution in [0.4, 0.5) is 16.4 Å². The number of likely N-dealkylation sites (tertiary alicyclic amines) is 2. The fourth-order valence-electron chi connectivity index (χ4n) is 5.02. The Morgan fingerprint density at radius 1 is 0.929 bits per heavy atom. The van der Waals surface area contributed by atoms with Crippen LogP contribution in [0.15, 0.2) is 47.4 Å². The van der Waals surface area contributed by atoms with Crippen LogP contribution in [0.1, 0.15) is 38.5 Å². The Balaban J connectivity index is 1.09. The van der Waals surface area contributed by atoms with Crippen molar-refractivity contribution in [1.82, 2.24) is 25.1 Å². The van der Waals surface area contributed by atoms with E-state index in [0.717, 1.165) is 38.0 Å². The number of rotatable bonds is 13. The van der Waals surface area contributed by atoms with Gasteiger partial charge in [0.05, 0.1) is 11.0 Å². The molecule has 0 bridgehead atoms. The first-order chi connectivity index (χ1) is 20.3. The summed E-state index contributed by atoms with van der Waals surface area (Å²) in [5.41, 5.74) is 1.78. The molecule has 2 saturated heterocycles. The average Bonchev–Trinajstić information content (AvgIpc) is 3.68. The number of anilines is 2. The van der Waals surface area contributed by atoms with Gasteiger partial charge < -0.3 is 29.6 Å². The summed E-state index contributed by atoms with van der Waals surface area (Å²) in [6, 6.07) is 10.4. The van der Waals surface area contributed by atoms with Gasteiger partial charge in [-0.1, -0.05) is 0 Å². The zero-order chi connectivity index (χ0) is 29.5. The van der Waals surface area contributed by atoms with Crippen molar-refractivity contribution in [1.29, 1.82) is 0 Å². The van der Waals surface area contributed by atoms with Crippen molar-refractivity contribution >= 4 is 50.6 Å². The van der Waals surface area contributed by atoms with Gasteiger partial charge in [-0.2, -0.15) is 8.42 Å². The lowest BCUT2D eigenvalue weighted by Gasteiger charge is -2.15. The molecule has 2 aliphatic heterocycles. The molecule has 2 aromatic carbocycles. The van der Waals surface area contributed by atoms with Gasteiger partial charge in [-0.15, -0.1) is 0 Å². The molecule has 13 nitrogen and oxygen atoms in total. The van der Waals surface area contributed by atoms with E-state index in [0.29, 0.717) is 56.5 Å². The molecule has 4 amide bonds. The van der Waals surface area contributed by atoms with Gasteiger partial charge in [0.1, 0.15) is 10.6 Å². The molecular formula is C28H35N7O6S. The Kier molecular flexibility index (Phi) is 9.10. The molecule has 2 aliphatic rings. The number of aromatic nitrogens is 2. The summed E-state index contributed by atoms with van der Waals surface area (Å²) in [4.78, 5) is 46.5. The number of amides is 4. The van der Waals surface area contributed by atoms with Gasteiger partial charge in [-0.3, -0.25) is 14.9 Å². The molecule has 0 radical (unpaired) electrons. The summed E-state index contributed by atoms with van der Waals surface area (Å²) < 4.78 is 31.1. The smallest absolute Gasteiger partial charge is 0.339 e. The molecule has 0 saturated carbocycles. The zero-order valence-corrected chi connectivity index (χ0v) is 24.0. The highest BCUT2D eigenvalue weighted by atomic mass is 32.2. The quantitative estimate of drug-likeness (QED) is 0.172. The zero-order valence-electron chi connectivity index (χ0n) is 23.2. The van der Waals surface area contributed by atoms with E-state index >= 15 is 0 Å². The monoisotopic (exact) mass is 597 g/mol. The fourth-order valence-corrected chi connectivity index (χ4v) is 5.94. The van der Waals surface area contributed by atoms with Gasteiger partial charge in [0, 0.05) is 63.9 Å². The third-order valence-corrected chi connectivity index (χ3v) is 8.46. The lowest BCUT2D eigenvalue weighted by molar-refractivity contribution is -0.128. The number of hydrogen-bond donors (Lipinski definition) is 4. The minimum absolute atomic E-state index is 0.00791. The molecule has 224 valence electrons. The molecule has 4 N–H and O–H groups in total. The lowest BCUT2D eigenvalue weighted by Crippen LogP contribution is -2.33. The van der Waals surface area contributed by atoms with E-state index in [9.17, 15) is 22.8 Å². The molecule has 5 rings (SSSR count). The topological polar surface area (TPSA) is 166 Å². The van der Waals surface area contributed by atoms with Gasteiger partial charge in [0.2, 0.25) is 17.8 Å². The van der Waals surface area contributed by atoms with Crippen molar-refractivity contribution in [3.63, 3.8) is 0 Å². The minimum atomic E-state index is -4.09. The number of nitrogens with zero attached hydrogens (tertiary/aromatic N) is 3. The number of carbonyl (C=O) groups is 3. The number of fused-ring (bicyclic) bond motifs is 1. The van der Waals surface area contributed by atoms with Crippen LogP contribution in [0.5, 0.6) is 5.75 Å². The summed E-state index contributed by atoms with van der Waals surface area (Å²) in [7, 11) is -4.09. The van der Waals surface area contributed by atoms with E-state index in [-0.39, 0.29) is 28.4 Å². The van der Waals surface area contributed by atoms with Crippen LogP contribution in [0.25, 0.3) is 11.0 Å². The van der Waals surface area contributed by atoms with Crippen LogP contribution < -0.4 is 20.1 Å². The van der Waals surface area contributed by atoms with Gasteiger partial charge in [0.25, 0.3) is 0 Å². The lowest BCUT2D eigenvalue weighted by atomic mass is 10.3. The van der Waals surface area contributed by atoms with Gasteiger partial charge in [-0.25, -0.2) is 9.78 Å². The first kappa shape index (κ1) is 29.2. The highest BCUT2D eigenvalue weighted by Gasteiger charge is 2.21. The molecule has 3 heterocycles. The van der Waals surface area contributed by atoms with Crippen LogP contribution in [0.3, 0.4) is 0 Å². The highest BCUT2D eigenvalue weighted by molar-refractivity contribution is 7.87. The number of urea groups is 1. The molecule has 14 heteroatoms. The number of carbonyl (C=O) groups excluding carboxylic acids is 3. The summed E-state index contributed by atoms with van der Waals surface area (Å²) in [5.74, 6) is 0.656. The maximum Gasteiger partial charge on any atom is 0.339 e. The molecule has 2 fully saturated rings. The second kappa shape index (κ2) is 13.1. The van der Waals surface area contributed by atoms with E-state index in [4.69, 9.17) is 4.18 Å². The summed E-state index contributed by atoms with van der Waals surface area (Å²) in [6.45, 7) is 3.98. The second-order valence-electron chi connectivity index (χ2n) is 10.3. The maximum atomic E-state index is 12.9. The van der Waals surface area contributed by atoms with E-state index < -0.39 is 16.1 Å². The van der Waals surface area contributed by atoms with E-state index in [1.54, 1.807) is 23.1 Å². The summed E-state index contributed by atoms with van der Waals surface area (Å²) >= 11 is 0. The standard InChI is InChI=1S/C28H35N7O6S/c36-25-5-1-15-34(25)17-3-13-29-20-7-10-22(11-8-20)42(39,40)41-21-9-12-23-24(19-21)32-27(31-23)33-28(38)30-14-4-18-35-16-2-6-26(35)37/h7-12,19,29H,1-6,13-18H2,(H3,30,31,32,33,38). The Labute approximate surface area is 244 Å². The number of H-pyrrole nitrogens is 1. The number of aromatic amines is 1. The van der Waals surface area contributed by atoms with E-state index in [2.05, 4.69) is 25.9 Å². The number of benzene rings is 2. The third-order valence-electron chi connectivity index (χ3n) is 7.20. The van der Waals surface area contributed by atoms with Gasteiger partial charge in [0.15, 0.2) is 0 Å².